The lowest BCUT2D eigenvalue weighted by Gasteiger charge is -2.05. The van der Waals surface area contributed by atoms with E-state index in [1.54, 1.807) is 0 Å². The van der Waals surface area contributed by atoms with E-state index >= 15 is 0 Å². The van der Waals surface area contributed by atoms with Gasteiger partial charge in [-0.1, -0.05) is 85.0 Å². The first-order valence-corrected chi connectivity index (χ1v) is 7.57. The van der Waals surface area contributed by atoms with Crippen LogP contribution in [0.25, 0.3) is 0 Å². The molecule has 0 spiro atoms. The van der Waals surface area contributed by atoms with Crippen LogP contribution < -0.4 is 0 Å². The van der Waals surface area contributed by atoms with Gasteiger partial charge < -0.3 is 0 Å². The van der Waals surface area contributed by atoms with Crippen molar-refractivity contribution < 1.29 is 0 Å². The van der Waals surface area contributed by atoms with Gasteiger partial charge in [-0.2, -0.15) is 12.6 Å². The Bertz CT molecular complexity index is 61.9. The third kappa shape index (κ3) is 25.0. The first kappa shape index (κ1) is 17.7. The zero-order valence-electron chi connectivity index (χ0n) is 11.2. The SMILES string of the molecule is C1CCCCC1.CCCCCC.CCS. The number of rotatable bonds is 3. The van der Waals surface area contributed by atoms with Crippen LogP contribution in [0.3, 0.4) is 0 Å². The average molecular weight is 232 g/mol. The number of hydrogen-bond donors (Lipinski definition) is 1. The molecule has 0 amide bonds. The van der Waals surface area contributed by atoms with Crippen LogP contribution in [0.1, 0.15) is 85.0 Å². The molecule has 0 heterocycles. The maximum Gasteiger partial charge on any atom is -0.0126 e. The largest absolute Gasteiger partial charge is 0.180 e. The monoisotopic (exact) mass is 232 g/mol. The third-order valence-corrected chi connectivity index (χ3v) is 2.46. The second kappa shape index (κ2) is 19.9. The molecule has 0 aromatic carbocycles. The molecule has 0 aromatic rings. The van der Waals surface area contributed by atoms with Crippen LogP contribution in [0.4, 0.5) is 0 Å². The topological polar surface area (TPSA) is 0 Å². The molecule has 94 valence electrons. The standard InChI is InChI=1S/C6H12.C6H14.C2H6S/c1-2-4-6-5-3-1;1-3-5-6-4-2;1-2-3/h1-6H2;3-6H2,1-2H3;3H,2H2,1H3. The molecule has 1 rings (SSSR count). The van der Waals surface area contributed by atoms with Gasteiger partial charge in [-0.3, -0.25) is 0 Å². The van der Waals surface area contributed by atoms with Gasteiger partial charge in [0.15, 0.2) is 0 Å². The lowest BCUT2D eigenvalue weighted by molar-refractivity contribution is 0.504. The lowest BCUT2D eigenvalue weighted by atomic mass is 10.0. The highest BCUT2D eigenvalue weighted by Gasteiger charge is 1.95. The van der Waals surface area contributed by atoms with E-state index in [2.05, 4.69) is 26.5 Å². The van der Waals surface area contributed by atoms with Crippen LogP contribution in [0.5, 0.6) is 0 Å². The van der Waals surface area contributed by atoms with Crippen LogP contribution in [-0.2, 0) is 0 Å². The summed E-state index contributed by atoms with van der Waals surface area (Å²) in [5.41, 5.74) is 0. The van der Waals surface area contributed by atoms with Gasteiger partial charge in [0, 0.05) is 0 Å². The van der Waals surface area contributed by atoms with Crippen LogP contribution in [0.2, 0.25) is 0 Å². The van der Waals surface area contributed by atoms with Crippen LogP contribution in [0, 0.1) is 0 Å². The van der Waals surface area contributed by atoms with Gasteiger partial charge in [0.1, 0.15) is 0 Å². The minimum absolute atomic E-state index is 0.944. The molecule has 1 heteroatoms. The Morgan fingerprint density at radius 1 is 0.667 bits per heavy atom. The highest BCUT2D eigenvalue weighted by molar-refractivity contribution is 7.80. The van der Waals surface area contributed by atoms with E-state index in [0.717, 1.165) is 5.75 Å². The summed E-state index contributed by atoms with van der Waals surface area (Å²) < 4.78 is 0. The van der Waals surface area contributed by atoms with Gasteiger partial charge >= 0.3 is 0 Å². The quantitative estimate of drug-likeness (QED) is 0.457. The van der Waals surface area contributed by atoms with Crippen LogP contribution >= 0.6 is 12.6 Å². The number of unbranched alkanes of at least 4 members (excludes halogenated alkanes) is 3. The molecule has 1 fully saturated rings. The van der Waals surface area contributed by atoms with E-state index in [-0.39, 0.29) is 0 Å². The van der Waals surface area contributed by atoms with E-state index in [1.807, 2.05) is 6.92 Å². The van der Waals surface area contributed by atoms with Crippen molar-refractivity contribution in [3.63, 3.8) is 0 Å². The summed E-state index contributed by atoms with van der Waals surface area (Å²) in [6, 6.07) is 0. The molecule has 0 nitrogen and oxygen atoms in total. The molecule has 0 aromatic heterocycles. The molecule has 1 aliphatic rings. The summed E-state index contributed by atoms with van der Waals surface area (Å²) in [7, 11) is 0. The average Bonchev–Trinajstić information content (AvgIpc) is 2.30. The smallest absolute Gasteiger partial charge is 0.0126 e. The Morgan fingerprint density at radius 3 is 1.00 bits per heavy atom. The second-order valence-electron chi connectivity index (χ2n) is 4.14. The Morgan fingerprint density at radius 2 is 0.867 bits per heavy atom. The molecule has 0 atom stereocenters. The Hall–Kier alpha value is 0.350. The highest BCUT2D eigenvalue weighted by Crippen LogP contribution is 2.15. The van der Waals surface area contributed by atoms with E-state index < -0.39 is 0 Å². The van der Waals surface area contributed by atoms with Crippen molar-refractivity contribution in [2.75, 3.05) is 5.75 Å². The Kier molecular flexibility index (Phi) is 23.5. The number of thiol groups is 1. The van der Waals surface area contributed by atoms with Crippen molar-refractivity contribution in [2.24, 2.45) is 0 Å². The molecule has 0 unspecified atom stereocenters. The molecule has 15 heavy (non-hydrogen) atoms. The van der Waals surface area contributed by atoms with E-state index in [9.17, 15) is 0 Å². The zero-order valence-corrected chi connectivity index (χ0v) is 12.1. The summed E-state index contributed by atoms with van der Waals surface area (Å²) in [5, 5.41) is 0. The van der Waals surface area contributed by atoms with E-state index in [4.69, 9.17) is 0 Å². The summed E-state index contributed by atoms with van der Waals surface area (Å²) in [6.45, 7) is 6.45. The molecule has 0 radical (unpaired) electrons. The van der Waals surface area contributed by atoms with Crippen LogP contribution in [0.15, 0.2) is 0 Å². The molecule has 1 saturated carbocycles. The maximum atomic E-state index is 3.79. The second-order valence-corrected chi connectivity index (χ2v) is 4.78. The summed E-state index contributed by atoms with van der Waals surface area (Å²) >= 11 is 3.79. The predicted molar refractivity (Wildman–Crippen MR) is 77.0 cm³/mol. The van der Waals surface area contributed by atoms with Gasteiger partial charge in [-0.15, -0.1) is 0 Å². The Labute approximate surface area is 104 Å². The minimum atomic E-state index is 0.944. The minimum Gasteiger partial charge on any atom is -0.180 e. The summed E-state index contributed by atoms with van der Waals surface area (Å²) in [5.74, 6) is 0.944. The molecule has 0 aliphatic heterocycles. The van der Waals surface area contributed by atoms with Gasteiger partial charge in [0.25, 0.3) is 0 Å². The number of hydrogen-bond acceptors (Lipinski definition) is 1. The van der Waals surface area contributed by atoms with Crippen LogP contribution in [-0.4, -0.2) is 5.75 Å². The van der Waals surface area contributed by atoms with Gasteiger partial charge in [0.2, 0.25) is 0 Å². The van der Waals surface area contributed by atoms with Crippen molar-refractivity contribution in [1.82, 2.24) is 0 Å². The van der Waals surface area contributed by atoms with E-state index in [1.165, 1.54) is 64.2 Å². The first-order chi connectivity index (χ1) is 7.33. The predicted octanol–water partition coefficient (Wildman–Crippen LogP) is 5.86. The Balaban J connectivity index is 0. The molecule has 0 bridgehead atoms. The molecular weight excluding hydrogens is 200 g/mol. The first-order valence-electron chi connectivity index (χ1n) is 6.94. The molecule has 0 saturated heterocycles. The lowest BCUT2D eigenvalue weighted by Crippen LogP contribution is -1.85. The third-order valence-electron chi connectivity index (χ3n) is 2.46. The van der Waals surface area contributed by atoms with Crippen molar-refractivity contribution in [1.29, 1.82) is 0 Å². The fourth-order valence-electron chi connectivity index (χ4n) is 1.56. The van der Waals surface area contributed by atoms with Crippen molar-refractivity contribution in [3.8, 4) is 0 Å². The molecular formula is C14H32S. The summed E-state index contributed by atoms with van der Waals surface area (Å²) in [4.78, 5) is 0. The summed E-state index contributed by atoms with van der Waals surface area (Å²) in [6.07, 6.45) is 14.5. The maximum absolute atomic E-state index is 3.79. The zero-order chi connectivity index (χ0) is 11.8. The fraction of sp³-hybridized carbons (Fsp3) is 1.00. The van der Waals surface area contributed by atoms with Crippen molar-refractivity contribution in [3.05, 3.63) is 0 Å². The van der Waals surface area contributed by atoms with Crippen molar-refractivity contribution in [2.45, 2.75) is 85.0 Å². The van der Waals surface area contributed by atoms with Crippen molar-refractivity contribution >= 4 is 12.6 Å². The fourth-order valence-corrected chi connectivity index (χ4v) is 1.56. The van der Waals surface area contributed by atoms with Gasteiger partial charge in [0.05, 0.1) is 0 Å². The normalized spacial score (nSPS) is 14.4. The van der Waals surface area contributed by atoms with E-state index in [0.29, 0.717) is 0 Å². The van der Waals surface area contributed by atoms with Gasteiger partial charge in [-0.25, -0.2) is 0 Å². The molecule has 1 aliphatic carbocycles. The van der Waals surface area contributed by atoms with Gasteiger partial charge in [-0.05, 0) is 5.75 Å². The molecule has 0 N–H and O–H groups in total. The highest BCUT2D eigenvalue weighted by atomic mass is 32.1.